The van der Waals surface area contributed by atoms with Gasteiger partial charge in [-0.1, -0.05) is 6.07 Å². The molecule has 2 N–H and O–H groups in total. The lowest BCUT2D eigenvalue weighted by Gasteiger charge is -2.36. The van der Waals surface area contributed by atoms with Gasteiger partial charge in [0.2, 0.25) is 0 Å². The minimum absolute atomic E-state index is 0.0204. The summed E-state index contributed by atoms with van der Waals surface area (Å²) in [5.41, 5.74) is 7.77. The third kappa shape index (κ3) is 3.27. The second-order valence-electron chi connectivity index (χ2n) is 5.72. The predicted molar refractivity (Wildman–Crippen MR) is 91.9 cm³/mol. The molecule has 0 bridgehead atoms. The number of nitrogen functional groups attached to an aromatic ring is 1. The van der Waals surface area contributed by atoms with Gasteiger partial charge in [-0.15, -0.1) is 0 Å². The molecule has 0 aromatic heterocycles. The summed E-state index contributed by atoms with van der Waals surface area (Å²) in [7, 11) is 1.53. The molecule has 0 atom stereocenters. The summed E-state index contributed by atoms with van der Waals surface area (Å²) >= 11 is 0. The number of nitrogens with two attached hydrogens (primary N) is 1. The van der Waals surface area contributed by atoms with Gasteiger partial charge in [-0.3, -0.25) is 4.79 Å². The van der Waals surface area contributed by atoms with E-state index in [1.54, 1.807) is 35.2 Å². The van der Waals surface area contributed by atoms with Gasteiger partial charge in [-0.2, -0.15) is 0 Å². The average molecular weight is 329 g/mol. The fourth-order valence-corrected chi connectivity index (χ4v) is 2.92. The van der Waals surface area contributed by atoms with Crippen molar-refractivity contribution in [3.8, 4) is 5.75 Å². The van der Waals surface area contributed by atoms with Crippen LogP contribution in [0.25, 0.3) is 0 Å². The number of methoxy groups -OCH3 is 1. The Kier molecular flexibility index (Phi) is 4.55. The van der Waals surface area contributed by atoms with Crippen molar-refractivity contribution >= 4 is 17.3 Å². The standard InChI is InChI=1S/C18H20FN3O2/c1-24-17-12-14(19)5-6-16(17)21-7-9-22(10-8-21)18(23)13-3-2-4-15(20)11-13/h2-6,11-12H,7-10,20H2,1H3. The van der Waals surface area contributed by atoms with E-state index in [0.29, 0.717) is 43.2 Å². The minimum atomic E-state index is -0.328. The summed E-state index contributed by atoms with van der Waals surface area (Å²) in [6.07, 6.45) is 0. The highest BCUT2D eigenvalue weighted by molar-refractivity contribution is 5.95. The SMILES string of the molecule is COc1cc(F)ccc1N1CCN(C(=O)c2cccc(N)c2)CC1. The van der Waals surface area contributed by atoms with Crippen molar-refractivity contribution in [2.45, 2.75) is 0 Å². The van der Waals surface area contributed by atoms with Gasteiger partial charge in [0.1, 0.15) is 11.6 Å². The quantitative estimate of drug-likeness (QED) is 0.879. The molecule has 2 aromatic rings. The maximum atomic E-state index is 13.3. The van der Waals surface area contributed by atoms with Crippen molar-refractivity contribution in [3.05, 3.63) is 53.8 Å². The monoisotopic (exact) mass is 329 g/mol. The van der Waals surface area contributed by atoms with Crippen LogP contribution in [0.4, 0.5) is 15.8 Å². The molecule has 2 aromatic carbocycles. The lowest BCUT2D eigenvalue weighted by molar-refractivity contribution is 0.0746. The zero-order chi connectivity index (χ0) is 17.1. The van der Waals surface area contributed by atoms with Crippen LogP contribution in [0.1, 0.15) is 10.4 Å². The number of rotatable bonds is 3. The molecule has 0 radical (unpaired) electrons. The molecule has 0 unspecified atom stereocenters. The fraction of sp³-hybridized carbons (Fsp3) is 0.278. The van der Waals surface area contributed by atoms with E-state index in [0.717, 1.165) is 5.69 Å². The Morgan fingerprint density at radius 1 is 1.12 bits per heavy atom. The van der Waals surface area contributed by atoms with E-state index in [-0.39, 0.29) is 11.7 Å². The van der Waals surface area contributed by atoms with Crippen molar-refractivity contribution in [3.63, 3.8) is 0 Å². The number of nitrogens with zero attached hydrogens (tertiary/aromatic N) is 2. The number of benzene rings is 2. The molecule has 1 aliphatic rings. The van der Waals surface area contributed by atoms with E-state index in [2.05, 4.69) is 4.90 Å². The van der Waals surface area contributed by atoms with Gasteiger partial charge in [0.25, 0.3) is 5.91 Å². The molecule has 1 amide bonds. The maximum absolute atomic E-state index is 13.3. The van der Waals surface area contributed by atoms with Gasteiger partial charge in [-0.05, 0) is 30.3 Å². The van der Waals surface area contributed by atoms with E-state index in [4.69, 9.17) is 10.5 Å². The predicted octanol–water partition coefficient (Wildman–Crippen LogP) is 2.38. The number of carbonyl (C=O) groups excluding carboxylic acids is 1. The lowest BCUT2D eigenvalue weighted by Crippen LogP contribution is -2.48. The Bertz CT molecular complexity index is 743. The number of halogens is 1. The number of hydrogen-bond acceptors (Lipinski definition) is 4. The van der Waals surface area contributed by atoms with Crippen LogP contribution in [-0.2, 0) is 0 Å². The molecule has 1 saturated heterocycles. The summed E-state index contributed by atoms with van der Waals surface area (Å²) in [6, 6.07) is 11.5. The largest absolute Gasteiger partial charge is 0.494 e. The van der Waals surface area contributed by atoms with Crippen molar-refractivity contribution < 1.29 is 13.9 Å². The molecule has 1 aliphatic heterocycles. The topological polar surface area (TPSA) is 58.8 Å². The third-order valence-corrected chi connectivity index (χ3v) is 4.18. The van der Waals surface area contributed by atoms with Crippen LogP contribution in [0.15, 0.2) is 42.5 Å². The molecule has 0 aliphatic carbocycles. The van der Waals surface area contributed by atoms with Crippen LogP contribution in [0.3, 0.4) is 0 Å². The first kappa shape index (κ1) is 16.1. The molecule has 0 spiro atoms. The van der Waals surface area contributed by atoms with E-state index in [1.165, 1.54) is 19.2 Å². The highest BCUT2D eigenvalue weighted by Gasteiger charge is 2.24. The Morgan fingerprint density at radius 2 is 1.88 bits per heavy atom. The fourth-order valence-electron chi connectivity index (χ4n) is 2.92. The molecular formula is C18H20FN3O2. The second-order valence-corrected chi connectivity index (χ2v) is 5.72. The zero-order valence-electron chi connectivity index (χ0n) is 13.5. The number of amides is 1. The highest BCUT2D eigenvalue weighted by atomic mass is 19.1. The number of hydrogen-bond donors (Lipinski definition) is 1. The van der Waals surface area contributed by atoms with Crippen molar-refractivity contribution in [2.75, 3.05) is 43.9 Å². The maximum Gasteiger partial charge on any atom is 0.254 e. The van der Waals surface area contributed by atoms with Gasteiger partial charge >= 0.3 is 0 Å². The summed E-state index contributed by atoms with van der Waals surface area (Å²) in [4.78, 5) is 16.4. The Morgan fingerprint density at radius 3 is 2.54 bits per heavy atom. The molecule has 3 rings (SSSR count). The number of piperazine rings is 1. The summed E-state index contributed by atoms with van der Waals surface area (Å²) in [5.74, 6) is 0.157. The van der Waals surface area contributed by atoms with Crippen LogP contribution in [-0.4, -0.2) is 44.1 Å². The average Bonchev–Trinajstić information content (AvgIpc) is 2.61. The Hall–Kier alpha value is -2.76. The second kappa shape index (κ2) is 6.78. The van der Waals surface area contributed by atoms with E-state index in [1.807, 2.05) is 0 Å². The first-order valence-electron chi connectivity index (χ1n) is 7.82. The molecular weight excluding hydrogens is 309 g/mol. The van der Waals surface area contributed by atoms with Gasteiger partial charge in [0.05, 0.1) is 12.8 Å². The number of ether oxygens (including phenoxy) is 1. The molecule has 0 saturated carbocycles. The molecule has 24 heavy (non-hydrogen) atoms. The zero-order valence-corrected chi connectivity index (χ0v) is 13.5. The van der Waals surface area contributed by atoms with Gasteiger partial charge in [0, 0.05) is 43.5 Å². The van der Waals surface area contributed by atoms with Crippen LogP contribution in [0, 0.1) is 5.82 Å². The molecule has 6 heteroatoms. The number of carbonyl (C=O) groups is 1. The van der Waals surface area contributed by atoms with Crippen LogP contribution < -0.4 is 15.4 Å². The van der Waals surface area contributed by atoms with Gasteiger partial charge < -0.3 is 20.3 Å². The van der Waals surface area contributed by atoms with Crippen molar-refractivity contribution in [2.24, 2.45) is 0 Å². The smallest absolute Gasteiger partial charge is 0.254 e. The third-order valence-electron chi connectivity index (χ3n) is 4.18. The minimum Gasteiger partial charge on any atom is -0.494 e. The summed E-state index contributed by atoms with van der Waals surface area (Å²) in [5, 5.41) is 0. The summed E-state index contributed by atoms with van der Waals surface area (Å²) in [6.45, 7) is 2.51. The van der Waals surface area contributed by atoms with Crippen LogP contribution in [0.5, 0.6) is 5.75 Å². The molecule has 126 valence electrons. The van der Waals surface area contributed by atoms with E-state index < -0.39 is 0 Å². The van der Waals surface area contributed by atoms with Crippen molar-refractivity contribution in [1.29, 1.82) is 0 Å². The molecule has 1 heterocycles. The van der Waals surface area contributed by atoms with Gasteiger partial charge in [0.15, 0.2) is 0 Å². The van der Waals surface area contributed by atoms with Crippen LogP contribution >= 0.6 is 0 Å². The first-order chi connectivity index (χ1) is 11.6. The van der Waals surface area contributed by atoms with Crippen molar-refractivity contribution in [1.82, 2.24) is 4.90 Å². The highest BCUT2D eigenvalue weighted by Crippen LogP contribution is 2.29. The number of anilines is 2. The molecule has 1 fully saturated rings. The Balaban J connectivity index is 1.69. The summed E-state index contributed by atoms with van der Waals surface area (Å²) < 4.78 is 18.6. The lowest BCUT2D eigenvalue weighted by atomic mass is 10.1. The van der Waals surface area contributed by atoms with Gasteiger partial charge in [-0.25, -0.2) is 4.39 Å². The molecule has 5 nitrogen and oxygen atoms in total. The van der Waals surface area contributed by atoms with E-state index in [9.17, 15) is 9.18 Å². The van der Waals surface area contributed by atoms with Crippen LogP contribution in [0.2, 0.25) is 0 Å². The van der Waals surface area contributed by atoms with E-state index >= 15 is 0 Å². The normalized spacial score (nSPS) is 14.6. The first-order valence-corrected chi connectivity index (χ1v) is 7.82. The Labute approximate surface area is 140 Å².